The van der Waals surface area contributed by atoms with Crippen molar-refractivity contribution in [3.63, 3.8) is 0 Å². The minimum Gasteiger partial charge on any atom is -0.491 e. The summed E-state index contributed by atoms with van der Waals surface area (Å²) in [5.41, 5.74) is 1.48. The molecule has 2 aromatic heterocycles. The Morgan fingerprint density at radius 3 is 2.78 bits per heavy atom. The van der Waals surface area contributed by atoms with Gasteiger partial charge in [0.25, 0.3) is 0 Å². The summed E-state index contributed by atoms with van der Waals surface area (Å²) < 4.78 is 23.6. The number of Topliss-reactive ketones (excluding diaryl/α,β-unsaturated/α-hetero) is 1. The Balaban J connectivity index is 2.10. The highest BCUT2D eigenvalue weighted by atomic mass is 19.1. The first-order chi connectivity index (χ1) is 11.0. The summed E-state index contributed by atoms with van der Waals surface area (Å²) in [6.45, 7) is 4.06. The number of nitrogens with zero attached hydrogens (tertiary/aromatic N) is 2. The van der Waals surface area contributed by atoms with E-state index < -0.39 is 5.82 Å². The highest BCUT2D eigenvalue weighted by Crippen LogP contribution is 2.16. The highest BCUT2D eigenvalue weighted by molar-refractivity contribution is 5.95. The molecule has 0 bridgehead atoms. The van der Waals surface area contributed by atoms with Crippen molar-refractivity contribution in [3.8, 4) is 5.75 Å². The van der Waals surface area contributed by atoms with Gasteiger partial charge in [0.05, 0.1) is 18.7 Å². The molecule has 2 heterocycles. The lowest BCUT2D eigenvalue weighted by Crippen LogP contribution is -2.16. The smallest absolute Gasteiger partial charge is 0.187 e. The molecule has 0 N–H and O–H groups in total. The van der Waals surface area contributed by atoms with Crippen molar-refractivity contribution in [2.45, 2.75) is 26.4 Å². The fraction of sp³-hybridized carbons (Fsp3) is 0.353. The van der Waals surface area contributed by atoms with Crippen molar-refractivity contribution in [2.24, 2.45) is 0 Å². The Bertz CT molecular complexity index is 674. The average molecular weight is 318 g/mol. The predicted octanol–water partition coefficient (Wildman–Crippen LogP) is 2.76. The summed E-state index contributed by atoms with van der Waals surface area (Å²) >= 11 is 0. The summed E-state index contributed by atoms with van der Waals surface area (Å²) in [5.74, 6) is -0.0629. The summed E-state index contributed by atoms with van der Waals surface area (Å²) in [5, 5.41) is 0. The standard InChI is InChI=1S/C17H19FN2O3/c1-11-6-15(23-10-12(2)22-3)8-16(20-11)17(21)7-14-5-4-13(18)9-19-14/h4-6,8-9,12H,7,10H2,1-3H3/t12-/m1/s1. The zero-order chi connectivity index (χ0) is 16.8. The van der Waals surface area contributed by atoms with E-state index in [4.69, 9.17) is 9.47 Å². The quantitative estimate of drug-likeness (QED) is 0.735. The van der Waals surface area contributed by atoms with Crippen LogP contribution in [0.1, 0.15) is 28.8 Å². The van der Waals surface area contributed by atoms with Crippen molar-refractivity contribution < 1.29 is 18.7 Å². The molecule has 0 saturated heterocycles. The van der Waals surface area contributed by atoms with E-state index in [0.29, 0.717) is 29.4 Å². The average Bonchev–Trinajstić information content (AvgIpc) is 2.54. The van der Waals surface area contributed by atoms with Crippen molar-refractivity contribution in [1.82, 2.24) is 9.97 Å². The number of carbonyl (C=O) groups excluding carboxylic acids is 1. The van der Waals surface area contributed by atoms with Crippen LogP contribution in [0.3, 0.4) is 0 Å². The zero-order valence-corrected chi connectivity index (χ0v) is 13.4. The molecule has 2 rings (SSSR count). The Morgan fingerprint density at radius 2 is 2.13 bits per heavy atom. The van der Waals surface area contributed by atoms with Crippen LogP contribution in [0.2, 0.25) is 0 Å². The minimum absolute atomic E-state index is 0.0500. The lowest BCUT2D eigenvalue weighted by Gasteiger charge is -2.12. The van der Waals surface area contributed by atoms with E-state index in [9.17, 15) is 9.18 Å². The number of methoxy groups -OCH3 is 1. The molecule has 0 aliphatic heterocycles. The zero-order valence-electron chi connectivity index (χ0n) is 13.4. The second kappa shape index (κ2) is 7.78. The second-order valence-electron chi connectivity index (χ2n) is 5.25. The molecule has 0 aliphatic carbocycles. The number of hydrogen-bond donors (Lipinski definition) is 0. The summed E-state index contributed by atoms with van der Waals surface area (Å²) in [6, 6.07) is 6.12. The van der Waals surface area contributed by atoms with Crippen LogP contribution in [0.4, 0.5) is 4.39 Å². The van der Waals surface area contributed by atoms with Gasteiger partial charge in [0.15, 0.2) is 5.78 Å². The van der Waals surface area contributed by atoms with Gasteiger partial charge in [-0.25, -0.2) is 9.37 Å². The van der Waals surface area contributed by atoms with Crippen molar-refractivity contribution in [2.75, 3.05) is 13.7 Å². The van der Waals surface area contributed by atoms with Crippen LogP contribution >= 0.6 is 0 Å². The van der Waals surface area contributed by atoms with E-state index in [1.807, 2.05) is 6.92 Å². The van der Waals surface area contributed by atoms with Crippen LogP contribution in [0, 0.1) is 12.7 Å². The molecular weight excluding hydrogens is 299 g/mol. The van der Waals surface area contributed by atoms with Crippen molar-refractivity contribution in [1.29, 1.82) is 0 Å². The Hall–Kier alpha value is -2.34. The van der Waals surface area contributed by atoms with Crippen LogP contribution in [-0.4, -0.2) is 35.6 Å². The van der Waals surface area contributed by atoms with Gasteiger partial charge < -0.3 is 9.47 Å². The number of aryl methyl sites for hydroxylation is 1. The number of hydrogen-bond acceptors (Lipinski definition) is 5. The molecule has 122 valence electrons. The number of pyridine rings is 2. The van der Waals surface area contributed by atoms with E-state index in [2.05, 4.69) is 9.97 Å². The second-order valence-corrected chi connectivity index (χ2v) is 5.25. The molecule has 0 unspecified atom stereocenters. The Kier molecular flexibility index (Phi) is 5.76. The van der Waals surface area contributed by atoms with Crippen LogP contribution in [-0.2, 0) is 11.2 Å². The first-order valence-electron chi connectivity index (χ1n) is 7.26. The molecule has 0 amide bonds. The monoisotopic (exact) mass is 318 g/mol. The number of carbonyl (C=O) groups is 1. The molecule has 0 aromatic carbocycles. The third kappa shape index (κ3) is 5.10. The molecule has 5 nitrogen and oxygen atoms in total. The van der Waals surface area contributed by atoms with Crippen LogP contribution in [0.5, 0.6) is 5.75 Å². The normalized spacial score (nSPS) is 12.0. The molecule has 0 fully saturated rings. The maximum Gasteiger partial charge on any atom is 0.187 e. The largest absolute Gasteiger partial charge is 0.491 e. The minimum atomic E-state index is -0.433. The van der Waals surface area contributed by atoms with E-state index in [0.717, 1.165) is 6.20 Å². The van der Waals surface area contributed by atoms with Crippen LogP contribution in [0.15, 0.2) is 30.5 Å². The number of halogens is 1. The number of rotatable bonds is 7. The summed E-state index contributed by atoms with van der Waals surface area (Å²) in [7, 11) is 1.61. The maximum absolute atomic E-state index is 12.8. The van der Waals surface area contributed by atoms with E-state index in [-0.39, 0.29) is 18.3 Å². The molecule has 6 heteroatoms. The van der Waals surface area contributed by atoms with E-state index >= 15 is 0 Å². The van der Waals surface area contributed by atoms with Crippen molar-refractivity contribution in [3.05, 3.63) is 53.4 Å². The molecule has 2 aromatic rings. The van der Waals surface area contributed by atoms with Gasteiger partial charge in [0.2, 0.25) is 0 Å². The van der Waals surface area contributed by atoms with Crippen LogP contribution in [0.25, 0.3) is 0 Å². The molecule has 23 heavy (non-hydrogen) atoms. The van der Waals surface area contributed by atoms with Gasteiger partial charge in [-0.3, -0.25) is 9.78 Å². The van der Waals surface area contributed by atoms with Gasteiger partial charge in [0, 0.05) is 30.6 Å². The van der Waals surface area contributed by atoms with Crippen LogP contribution < -0.4 is 4.74 Å². The van der Waals surface area contributed by atoms with Gasteiger partial charge in [-0.15, -0.1) is 0 Å². The third-order valence-corrected chi connectivity index (χ3v) is 3.23. The van der Waals surface area contributed by atoms with Gasteiger partial charge >= 0.3 is 0 Å². The fourth-order valence-electron chi connectivity index (χ4n) is 1.91. The molecular formula is C17H19FN2O3. The first kappa shape index (κ1) is 17.0. The van der Waals surface area contributed by atoms with Crippen molar-refractivity contribution >= 4 is 5.78 Å². The van der Waals surface area contributed by atoms with E-state index in [1.54, 1.807) is 26.2 Å². The molecule has 0 aliphatic rings. The lowest BCUT2D eigenvalue weighted by atomic mass is 10.1. The third-order valence-electron chi connectivity index (χ3n) is 3.23. The molecule has 0 radical (unpaired) electrons. The SMILES string of the molecule is CO[C@H](C)COc1cc(C)nc(C(=O)Cc2ccc(F)cn2)c1. The van der Waals surface area contributed by atoms with Gasteiger partial charge in [-0.2, -0.15) is 0 Å². The lowest BCUT2D eigenvalue weighted by molar-refractivity contribution is 0.0715. The topological polar surface area (TPSA) is 61.3 Å². The van der Waals surface area contributed by atoms with Gasteiger partial charge in [-0.1, -0.05) is 0 Å². The molecule has 1 atom stereocenters. The predicted molar refractivity (Wildman–Crippen MR) is 83.2 cm³/mol. The maximum atomic E-state index is 12.8. The molecule has 0 spiro atoms. The Morgan fingerprint density at radius 1 is 1.35 bits per heavy atom. The molecule has 0 saturated carbocycles. The Labute approximate surface area is 134 Å². The number of ketones is 1. The van der Waals surface area contributed by atoms with Gasteiger partial charge in [-0.05, 0) is 26.0 Å². The fourth-order valence-corrected chi connectivity index (χ4v) is 1.91. The van der Waals surface area contributed by atoms with E-state index in [1.165, 1.54) is 12.1 Å². The number of aromatic nitrogens is 2. The summed E-state index contributed by atoms with van der Waals surface area (Å²) in [6.07, 6.45) is 1.10. The van der Waals surface area contributed by atoms with Gasteiger partial charge in [0.1, 0.15) is 23.9 Å². The first-order valence-corrected chi connectivity index (χ1v) is 7.26. The number of ether oxygens (including phenoxy) is 2. The highest BCUT2D eigenvalue weighted by Gasteiger charge is 2.13. The summed E-state index contributed by atoms with van der Waals surface area (Å²) in [4.78, 5) is 20.4.